The van der Waals surface area contributed by atoms with Gasteiger partial charge in [-0.2, -0.15) is 0 Å². The first-order chi connectivity index (χ1) is 14.1. The fraction of sp³-hybridized carbons (Fsp3) is 0.348. The third kappa shape index (κ3) is 3.50. The zero-order chi connectivity index (χ0) is 20.4. The number of para-hydroxylation sites is 1. The zero-order valence-corrected chi connectivity index (χ0v) is 16.4. The second kappa shape index (κ2) is 8.07. The molecule has 2 aromatic rings. The largest absolute Gasteiger partial charge is 0.464 e. The Bertz CT molecular complexity index is 900. The van der Waals surface area contributed by atoms with Crippen LogP contribution < -0.4 is 4.90 Å². The Hall–Kier alpha value is -3.15. The van der Waals surface area contributed by atoms with Gasteiger partial charge in [0.2, 0.25) is 11.8 Å². The van der Waals surface area contributed by atoms with E-state index >= 15 is 0 Å². The molecule has 4 rings (SSSR count). The quantitative estimate of drug-likeness (QED) is 0.560. The maximum atomic E-state index is 13.1. The van der Waals surface area contributed by atoms with Crippen molar-refractivity contribution >= 4 is 23.5 Å². The van der Waals surface area contributed by atoms with Crippen LogP contribution in [-0.2, 0) is 19.1 Å². The molecule has 2 aliphatic rings. The van der Waals surface area contributed by atoms with Crippen molar-refractivity contribution in [1.82, 2.24) is 4.90 Å². The van der Waals surface area contributed by atoms with Crippen molar-refractivity contribution in [2.24, 2.45) is 5.92 Å². The molecule has 0 N–H and O–H groups in total. The van der Waals surface area contributed by atoms with Crippen molar-refractivity contribution < 1.29 is 19.1 Å². The maximum absolute atomic E-state index is 13.1. The van der Waals surface area contributed by atoms with Crippen molar-refractivity contribution in [2.45, 2.75) is 31.8 Å². The van der Waals surface area contributed by atoms with E-state index in [4.69, 9.17) is 4.74 Å². The molecular weight excluding hydrogens is 368 g/mol. The molecule has 0 saturated carbocycles. The predicted octanol–water partition coefficient (Wildman–Crippen LogP) is 2.94. The number of likely N-dealkylation sites (tertiary alicyclic amines) is 1. The van der Waals surface area contributed by atoms with Gasteiger partial charge in [-0.05, 0) is 31.0 Å². The Balaban J connectivity index is 1.61. The highest BCUT2D eigenvalue weighted by atomic mass is 16.5. The molecule has 0 unspecified atom stereocenters. The van der Waals surface area contributed by atoms with Gasteiger partial charge in [-0.3, -0.25) is 9.59 Å². The molecule has 2 fully saturated rings. The highest BCUT2D eigenvalue weighted by Gasteiger charge is 2.51. The van der Waals surface area contributed by atoms with Crippen molar-refractivity contribution in [3.8, 4) is 0 Å². The van der Waals surface area contributed by atoms with Crippen LogP contribution >= 0.6 is 0 Å². The van der Waals surface area contributed by atoms with Gasteiger partial charge < -0.3 is 14.5 Å². The summed E-state index contributed by atoms with van der Waals surface area (Å²) in [6, 6.07) is 18.6. The summed E-state index contributed by atoms with van der Waals surface area (Å²) in [7, 11) is 0. The van der Waals surface area contributed by atoms with E-state index in [-0.39, 0.29) is 37.0 Å². The van der Waals surface area contributed by atoms with Crippen LogP contribution in [0.2, 0.25) is 0 Å². The Kier molecular flexibility index (Phi) is 5.34. The van der Waals surface area contributed by atoms with Gasteiger partial charge in [0.1, 0.15) is 6.04 Å². The number of carbonyl (C=O) groups is 3. The number of esters is 1. The molecule has 29 heavy (non-hydrogen) atoms. The van der Waals surface area contributed by atoms with E-state index in [9.17, 15) is 14.4 Å². The minimum atomic E-state index is -0.600. The van der Waals surface area contributed by atoms with Gasteiger partial charge in [-0.15, -0.1) is 0 Å². The number of hydrogen-bond acceptors (Lipinski definition) is 4. The van der Waals surface area contributed by atoms with Crippen LogP contribution in [0.3, 0.4) is 0 Å². The predicted molar refractivity (Wildman–Crippen MR) is 108 cm³/mol. The fourth-order valence-corrected chi connectivity index (χ4v) is 4.29. The molecule has 2 aliphatic heterocycles. The Morgan fingerprint density at radius 3 is 2.34 bits per heavy atom. The molecular formula is C23H24N2O4. The molecule has 0 aromatic heterocycles. The highest BCUT2D eigenvalue weighted by molar-refractivity contribution is 6.03. The van der Waals surface area contributed by atoms with Crippen LogP contribution in [0.15, 0.2) is 60.7 Å². The molecule has 150 valence electrons. The van der Waals surface area contributed by atoms with Crippen LogP contribution in [-0.4, -0.2) is 41.9 Å². The van der Waals surface area contributed by atoms with Gasteiger partial charge in [0.15, 0.2) is 0 Å². The number of rotatable bonds is 6. The average Bonchev–Trinajstić information content (AvgIpc) is 3.11. The summed E-state index contributed by atoms with van der Waals surface area (Å²) in [5.74, 6) is -0.911. The van der Waals surface area contributed by atoms with Crippen LogP contribution in [0.1, 0.15) is 31.4 Å². The van der Waals surface area contributed by atoms with E-state index in [0.717, 1.165) is 11.3 Å². The van der Waals surface area contributed by atoms with Gasteiger partial charge in [0.05, 0.1) is 18.6 Å². The van der Waals surface area contributed by atoms with Crippen molar-refractivity contribution in [2.75, 3.05) is 18.1 Å². The van der Waals surface area contributed by atoms with Crippen LogP contribution in [0.5, 0.6) is 0 Å². The fourth-order valence-electron chi connectivity index (χ4n) is 4.29. The Morgan fingerprint density at radius 1 is 1.03 bits per heavy atom. The van der Waals surface area contributed by atoms with E-state index in [1.54, 1.807) is 16.7 Å². The lowest BCUT2D eigenvalue weighted by Gasteiger charge is -2.48. The summed E-state index contributed by atoms with van der Waals surface area (Å²) in [6.45, 7) is 2.25. The lowest BCUT2D eigenvalue weighted by molar-refractivity contribution is -0.153. The first-order valence-corrected chi connectivity index (χ1v) is 10.0. The van der Waals surface area contributed by atoms with Gasteiger partial charge in [0, 0.05) is 18.7 Å². The van der Waals surface area contributed by atoms with E-state index in [1.165, 1.54) is 0 Å². The minimum Gasteiger partial charge on any atom is -0.464 e. The molecule has 2 aromatic carbocycles. The van der Waals surface area contributed by atoms with Gasteiger partial charge in [-0.1, -0.05) is 48.5 Å². The molecule has 0 bridgehead atoms. The van der Waals surface area contributed by atoms with Crippen LogP contribution in [0.4, 0.5) is 5.69 Å². The zero-order valence-electron chi connectivity index (χ0n) is 16.4. The molecule has 0 radical (unpaired) electrons. The number of β-lactam (4-membered cyclic amide) rings is 1. The second-order valence-electron chi connectivity index (χ2n) is 7.36. The van der Waals surface area contributed by atoms with E-state index in [0.29, 0.717) is 12.8 Å². The Morgan fingerprint density at radius 2 is 1.69 bits per heavy atom. The van der Waals surface area contributed by atoms with Crippen LogP contribution in [0.25, 0.3) is 0 Å². The summed E-state index contributed by atoms with van der Waals surface area (Å²) in [6.07, 6.45) is 0.750. The summed E-state index contributed by atoms with van der Waals surface area (Å²) < 4.78 is 5.14. The molecule has 2 heterocycles. The lowest BCUT2D eigenvalue weighted by Crippen LogP contribution is -2.60. The number of ether oxygens (including phenoxy) is 1. The highest BCUT2D eigenvalue weighted by Crippen LogP contribution is 2.44. The number of benzene rings is 2. The number of nitrogens with zero attached hydrogens (tertiary/aromatic N) is 2. The number of hydrogen-bond donors (Lipinski definition) is 0. The number of anilines is 1. The Labute approximate surface area is 170 Å². The van der Waals surface area contributed by atoms with Gasteiger partial charge >= 0.3 is 5.97 Å². The molecule has 2 saturated heterocycles. The SMILES string of the molecule is CCOC(=O)[C@@H]1CCC(=O)N1C[C@@H]1C(=O)N(c2ccccc2)[C@H]1c1ccccc1. The topological polar surface area (TPSA) is 66.9 Å². The minimum absolute atomic E-state index is 0.0349. The molecule has 6 heteroatoms. The van der Waals surface area contributed by atoms with E-state index in [1.807, 2.05) is 60.7 Å². The third-order valence-corrected chi connectivity index (χ3v) is 5.67. The van der Waals surface area contributed by atoms with Gasteiger partial charge in [-0.25, -0.2) is 4.79 Å². The summed E-state index contributed by atoms with van der Waals surface area (Å²) >= 11 is 0. The van der Waals surface area contributed by atoms with E-state index < -0.39 is 12.0 Å². The normalized spacial score (nSPS) is 23.8. The first kappa shape index (κ1) is 19.2. The first-order valence-electron chi connectivity index (χ1n) is 10.0. The van der Waals surface area contributed by atoms with Gasteiger partial charge in [0.25, 0.3) is 0 Å². The molecule has 3 atom stereocenters. The summed E-state index contributed by atoms with van der Waals surface area (Å²) in [5.41, 5.74) is 1.84. The maximum Gasteiger partial charge on any atom is 0.328 e. The number of carbonyl (C=O) groups excluding carboxylic acids is 3. The van der Waals surface area contributed by atoms with Crippen molar-refractivity contribution in [3.63, 3.8) is 0 Å². The molecule has 0 aliphatic carbocycles. The van der Waals surface area contributed by atoms with Crippen LogP contribution in [0, 0.1) is 5.92 Å². The smallest absolute Gasteiger partial charge is 0.328 e. The molecule has 2 amide bonds. The van der Waals surface area contributed by atoms with E-state index in [2.05, 4.69) is 0 Å². The second-order valence-corrected chi connectivity index (χ2v) is 7.36. The van der Waals surface area contributed by atoms with Crippen molar-refractivity contribution in [3.05, 3.63) is 66.2 Å². The number of amides is 2. The standard InChI is InChI=1S/C23H24N2O4/c1-2-29-23(28)19-13-14-20(26)24(19)15-18-21(16-9-5-3-6-10-16)25(22(18)27)17-11-7-4-8-12-17/h3-12,18-19,21H,2,13-15H2,1H3/t18-,19-,21-/m0/s1. The third-order valence-electron chi connectivity index (χ3n) is 5.67. The summed E-state index contributed by atoms with van der Waals surface area (Å²) in [4.78, 5) is 41.2. The lowest BCUT2D eigenvalue weighted by atomic mass is 9.81. The molecule has 6 nitrogen and oxygen atoms in total. The monoisotopic (exact) mass is 392 g/mol. The molecule has 0 spiro atoms. The summed E-state index contributed by atoms with van der Waals surface area (Å²) in [5, 5.41) is 0. The average molecular weight is 392 g/mol. The van der Waals surface area contributed by atoms with Crippen molar-refractivity contribution in [1.29, 1.82) is 0 Å².